The molecular weight excluding hydrogens is 168 g/mol. The summed E-state index contributed by atoms with van der Waals surface area (Å²) in [5, 5.41) is 0. The van der Waals surface area contributed by atoms with E-state index in [1.807, 2.05) is 0 Å². The first-order chi connectivity index (χ1) is 6.66. The first kappa shape index (κ1) is 9.76. The molecule has 0 atom stereocenters. The Morgan fingerprint density at radius 1 is 1.21 bits per heavy atom. The van der Waals surface area contributed by atoms with E-state index in [2.05, 4.69) is 45.0 Å². The van der Waals surface area contributed by atoms with E-state index in [4.69, 9.17) is 0 Å². The van der Waals surface area contributed by atoms with Gasteiger partial charge >= 0.3 is 0 Å². The molecule has 1 aromatic rings. The topological polar surface area (TPSA) is 0 Å². The summed E-state index contributed by atoms with van der Waals surface area (Å²) in [5.74, 6) is 2.69. The van der Waals surface area contributed by atoms with Gasteiger partial charge in [0, 0.05) is 0 Å². The molecular formula is C14H20. The molecule has 0 nitrogen and oxygen atoms in total. The molecule has 76 valence electrons. The molecule has 0 spiro atoms. The molecule has 0 heterocycles. The second-order valence-electron chi connectivity index (χ2n) is 5.09. The van der Waals surface area contributed by atoms with E-state index in [1.54, 1.807) is 5.56 Å². The van der Waals surface area contributed by atoms with Crippen LogP contribution in [0.4, 0.5) is 0 Å². The van der Waals surface area contributed by atoms with E-state index in [9.17, 15) is 0 Å². The Labute approximate surface area is 87.3 Å². The Hall–Kier alpha value is -0.780. The van der Waals surface area contributed by atoms with Crippen molar-refractivity contribution in [1.82, 2.24) is 0 Å². The average molecular weight is 188 g/mol. The quantitative estimate of drug-likeness (QED) is 0.654. The second-order valence-corrected chi connectivity index (χ2v) is 5.09. The Balaban J connectivity index is 2.00. The Morgan fingerprint density at radius 3 is 2.50 bits per heavy atom. The van der Waals surface area contributed by atoms with Crippen molar-refractivity contribution in [2.24, 2.45) is 11.8 Å². The van der Waals surface area contributed by atoms with Gasteiger partial charge in [0.05, 0.1) is 0 Å². The number of benzene rings is 1. The smallest absolute Gasteiger partial charge is 0.0156 e. The third-order valence-electron chi connectivity index (χ3n) is 3.63. The minimum absolute atomic E-state index is 0.849. The molecule has 0 saturated heterocycles. The van der Waals surface area contributed by atoms with Gasteiger partial charge in [0.15, 0.2) is 0 Å². The molecule has 0 aromatic heterocycles. The van der Waals surface area contributed by atoms with Crippen LogP contribution in [0, 0.1) is 18.8 Å². The van der Waals surface area contributed by atoms with Crippen LogP contribution < -0.4 is 0 Å². The number of hydrogen-bond donors (Lipinski definition) is 0. The fraction of sp³-hybridized carbons (Fsp3) is 0.571. The molecule has 1 saturated carbocycles. The lowest BCUT2D eigenvalue weighted by atomic mass is 9.67. The lowest BCUT2D eigenvalue weighted by Crippen LogP contribution is -2.26. The largest absolute Gasteiger partial charge is 0.0625 e. The van der Waals surface area contributed by atoms with Crippen LogP contribution in [0.25, 0.3) is 0 Å². The SMILES string of the molecule is Cc1cccc(C2CC(C(C)C)C2)c1. The summed E-state index contributed by atoms with van der Waals surface area (Å²) in [5.41, 5.74) is 2.96. The molecule has 0 radical (unpaired) electrons. The molecule has 1 aromatic carbocycles. The van der Waals surface area contributed by atoms with Crippen LogP contribution in [-0.2, 0) is 0 Å². The predicted octanol–water partition coefficient (Wildman–Crippen LogP) is 4.14. The molecule has 0 N–H and O–H groups in total. The zero-order valence-electron chi connectivity index (χ0n) is 9.46. The first-order valence-electron chi connectivity index (χ1n) is 5.73. The van der Waals surface area contributed by atoms with Crippen molar-refractivity contribution in [3.8, 4) is 0 Å². The maximum absolute atomic E-state index is 2.35. The summed E-state index contributed by atoms with van der Waals surface area (Å²) in [7, 11) is 0. The van der Waals surface area contributed by atoms with Crippen molar-refractivity contribution in [1.29, 1.82) is 0 Å². The maximum Gasteiger partial charge on any atom is -0.0156 e. The Bertz CT molecular complexity index is 306. The minimum atomic E-state index is 0.849. The third kappa shape index (κ3) is 1.84. The summed E-state index contributed by atoms with van der Waals surface area (Å²) < 4.78 is 0. The van der Waals surface area contributed by atoms with Gasteiger partial charge in [-0.05, 0) is 43.1 Å². The summed E-state index contributed by atoms with van der Waals surface area (Å²) in [4.78, 5) is 0. The average Bonchev–Trinajstić information content (AvgIpc) is 2.00. The molecule has 14 heavy (non-hydrogen) atoms. The van der Waals surface area contributed by atoms with Crippen LogP contribution in [0.3, 0.4) is 0 Å². The summed E-state index contributed by atoms with van der Waals surface area (Å²) >= 11 is 0. The molecule has 2 rings (SSSR count). The maximum atomic E-state index is 2.35. The van der Waals surface area contributed by atoms with E-state index in [1.165, 1.54) is 18.4 Å². The van der Waals surface area contributed by atoms with Crippen LogP contribution in [-0.4, -0.2) is 0 Å². The highest BCUT2D eigenvalue weighted by molar-refractivity contribution is 5.27. The minimum Gasteiger partial charge on any atom is -0.0625 e. The molecule has 0 aliphatic heterocycles. The highest BCUT2D eigenvalue weighted by Gasteiger charge is 2.31. The van der Waals surface area contributed by atoms with Crippen molar-refractivity contribution >= 4 is 0 Å². The van der Waals surface area contributed by atoms with Gasteiger partial charge in [-0.2, -0.15) is 0 Å². The van der Waals surface area contributed by atoms with Crippen LogP contribution in [0.15, 0.2) is 24.3 Å². The fourth-order valence-corrected chi connectivity index (χ4v) is 2.40. The van der Waals surface area contributed by atoms with Gasteiger partial charge in [-0.25, -0.2) is 0 Å². The molecule has 0 amide bonds. The third-order valence-corrected chi connectivity index (χ3v) is 3.63. The van der Waals surface area contributed by atoms with E-state index in [0.717, 1.165) is 17.8 Å². The van der Waals surface area contributed by atoms with E-state index in [-0.39, 0.29) is 0 Å². The van der Waals surface area contributed by atoms with E-state index >= 15 is 0 Å². The number of aryl methyl sites for hydroxylation is 1. The lowest BCUT2D eigenvalue weighted by molar-refractivity contribution is 0.196. The van der Waals surface area contributed by atoms with Gasteiger partial charge in [-0.3, -0.25) is 0 Å². The normalized spacial score (nSPS) is 26.3. The predicted molar refractivity (Wildman–Crippen MR) is 61.5 cm³/mol. The van der Waals surface area contributed by atoms with Gasteiger partial charge in [0.25, 0.3) is 0 Å². The van der Waals surface area contributed by atoms with E-state index < -0.39 is 0 Å². The van der Waals surface area contributed by atoms with Gasteiger partial charge in [-0.1, -0.05) is 43.7 Å². The highest BCUT2D eigenvalue weighted by atomic mass is 14.4. The van der Waals surface area contributed by atoms with Crippen LogP contribution in [0.5, 0.6) is 0 Å². The van der Waals surface area contributed by atoms with Gasteiger partial charge in [0.2, 0.25) is 0 Å². The molecule has 0 bridgehead atoms. The zero-order chi connectivity index (χ0) is 10.1. The van der Waals surface area contributed by atoms with Crippen molar-refractivity contribution in [2.45, 2.75) is 39.5 Å². The zero-order valence-corrected chi connectivity index (χ0v) is 9.46. The van der Waals surface area contributed by atoms with Gasteiger partial charge in [-0.15, -0.1) is 0 Å². The number of rotatable bonds is 2. The summed E-state index contributed by atoms with van der Waals surface area (Å²) in [6, 6.07) is 9.00. The molecule has 0 unspecified atom stereocenters. The van der Waals surface area contributed by atoms with Crippen LogP contribution >= 0.6 is 0 Å². The second kappa shape index (κ2) is 3.76. The number of hydrogen-bond acceptors (Lipinski definition) is 0. The van der Waals surface area contributed by atoms with Crippen molar-refractivity contribution in [2.75, 3.05) is 0 Å². The van der Waals surface area contributed by atoms with Crippen molar-refractivity contribution in [3.63, 3.8) is 0 Å². The van der Waals surface area contributed by atoms with Gasteiger partial charge in [0.1, 0.15) is 0 Å². The standard InChI is InChI=1S/C14H20/c1-10(2)13-8-14(9-13)12-6-4-5-11(3)7-12/h4-7,10,13-14H,8-9H2,1-3H3. The summed E-state index contributed by atoms with van der Waals surface area (Å²) in [6.07, 6.45) is 2.81. The van der Waals surface area contributed by atoms with E-state index in [0.29, 0.717) is 0 Å². The molecule has 1 aliphatic rings. The Morgan fingerprint density at radius 2 is 1.93 bits per heavy atom. The van der Waals surface area contributed by atoms with Gasteiger partial charge < -0.3 is 0 Å². The highest BCUT2D eigenvalue weighted by Crippen LogP contribution is 2.45. The fourth-order valence-electron chi connectivity index (χ4n) is 2.40. The lowest BCUT2D eigenvalue weighted by Gasteiger charge is -2.38. The molecule has 0 heteroatoms. The first-order valence-corrected chi connectivity index (χ1v) is 5.73. The molecule has 1 aliphatic carbocycles. The summed E-state index contributed by atoms with van der Waals surface area (Å²) in [6.45, 7) is 6.87. The van der Waals surface area contributed by atoms with Crippen molar-refractivity contribution in [3.05, 3.63) is 35.4 Å². The van der Waals surface area contributed by atoms with Crippen LogP contribution in [0.2, 0.25) is 0 Å². The Kier molecular flexibility index (Phi) is 2.62. The monoisotopic (exact) mass is 188 g/mol. The molecule has 1 fully saturated rings. The van der Waals surface area contributed by atoms with Crippen LogP contribution in [0.1, 0.15) is 43.7 Å². The van der Waals surface area contributed by atoms with Crippen molar-refractivity contribution < 1.29 is 0 Å².